The van der Waals surface area contributed by atoms with Gasteiger partial charge in [0.1, 0.15) is 11.3 Å². The molecule has 0 aliphatic carbocycles. The van der Waals surface area contributed by atoms with Crippen LogP contribution in [-0.4, -0.2) is 63.7 Å². The van der Waals surface area contributed by atoms with E-state index >= 15 is 0 Å². The van der Waals surface area contributed by atoms with Gasteiger partial charge in [-0.15, -0.1) is 18.3 Å². The number of nitrogens with one attached hydrogen (secondary N) is 1. The average Bonchev–Trinajstić information content (AvgIpc) is 3.39. The second kappa shape index (κ2) is 9.69. The Morgan fingerprint density at radius 2 is 1.80 bits per heavy atom. The highest BCUT2D eigenvalue weighted by Gasteiger charge is 2.35. The third-order valence-corrected chi connectivity index (χ3v) is 6.83. The van der Waals surface area contributed by atoms with Gasteiger partial charge in [-0.3, -0.25) is 14.8 Å². The number of halogens is 3. The molecule has 7 nitrogen and oxygen atoms in total. The number of amides is 1. The molecule has 2 saturated heterocycles. The number of carbonyl (C=O) groups is 1. The van der Waals surface area contributed by atoms with E-state index in [0.29, 0.717) is 30.5 Å². The van der Waals surface area contributed by atoms with Crippen molar-refractivity contribution in [3.8, 4) is 5.75 Å². The van der Waals surface area contributed by atoms with Crippen LogP contribution in [0.4, 0.5) is 13.2 Å². The Balaban J connectivity index is 1.12. The van der Waals surface area contributed by atoms with Crippen LogP contribution in [0, 0.1) is 11.8 Å². The molecule has 0 radical (unpaired) electrons. The van der Waals surface area contributed by atoms with Crippen molar-refractivity contribution in [3.63, 3.8) is 0 Å². The van der Waals surface area contributed by atoms with Crippen LogP contribution >= 0.6 is 0 Å². The molecule has 35 heavy (non-hydrogen) atoms. The standard InChI is InChI=1S/C25H26F3N5O2/c26-25(27,28)35-21-5-1-17(2-6-21)4-8-24(34)33-11-9-19-15-32(16-20(19)10-12-33)14-18-3-7-22-23(13-18)30-31-29-22/h1-8,13,19-20H,9-12,14-16H2,(H,29,30,31)/b8-4+/t19-,20+. The number of H-pyrrole nitrogens is 1. The van der Waals surface area contributed by atoms with Crippen LogP contribution in [0.3, 0.4) is 0 Å². The minimum atomic E-state index is -4.72. The fourth-order valence-corrected chi connectivity index (χ4v) is 5.09. The molecule has 1 N–H and O–H groups in total. The lowest BCUT2D eigenvalue weighted by Gasteiger charge is -2.21. The third kappa shape index (κ3) is 5.82. The minimum absolute atomic E-state index is 0.0710. The number of carbonyl (C=O) groups excluding carboxylic acids is 1. The Morgan fingerprint density at radius 3 is 2.49 bits per heavy atom. The molecule has 2 aliphatic heterocycles. The van der Waals surface area contributed by atoms with E-state index in [9.17, 15) is 18.0 Å². The van der Waals surface area contributed by atoms with E-state index in [-0.39, 0.29) is 11.7 Å². The fourth-order valence-electron chi connectivity index (χ4n) is 5.09. The topological polar surface area (TPSA) is 74.3 Å². The SMILES string of the molecule is O=C(/C=C/c1ccc(OC(F)(F)F)cc1)N1CC[C@@H]2CN(Cc3ccc4[nH]nnc4c3)C[C@@H]2CC1. The lowest BCUT2D eigenvalue weighted by atomic mass is 9.92. The summed E-state index contributed by atoms with van der Waals surface area (Å²) in [5, 5.41) is 10.8. The van der Waals surface area contributed by atoms with Crippen molar-refractivity contribution in [3.05, 3.63) is 59.7 Å². The summed E-state index contributed by atoms with van der Waals surface area (Å²) in [5.74, 6) is 0.772. The number of nitrogens with zero attached hydrogens (tertiary/aromatic N) is 4. The summed E-state index contributed by atoms with van der Waals surface area (Å²) in [6, 6.07) is 11.7. The predicted octanol–water partition coefficient (Wildman–Crippen LogP) is 4.24. The number of ether oxygens (including phenoxy) is 1. The van der Waals surface area contributed by atoms with E-state index in [0.717, 1.165) is 43.5 Å². The number of hydrogen-bond donors (Lipinski definition) is 1. The van der Waals surface area contributed by atoms with Gasteiger partial charge in [-0.25, -0.2) is 0 Å². The van der Waals surface area contributed by atoms with Crippen molar-refractivity contribution < 1.29 is 22.7 Å². The van der Waals surface area contributed by atoms with Crippen LogP contribution < -0.4 is 4.74 Å². The van der Waals surface area contributed by atoms with Crippen LogP contribution in [0.25, 0.3) is 17.1 Å². The Kier molecular flexibility index (Phi) is 6.46. The zero-order chi connectivity index (χ0) is 24.4. The number of rotatable bonds is 5. The summed E-state index contributed by atoms with van der Waals surface area (Å²) in [7, 11) is 0. The summed E-state index contributed by atoms with van der Waals surface area (Å²) in [6.07, 6.45) is 0.326. The van der Waals surface area contributed by atoms with E-state index in [2.05, 4.69) is 37.2 Å². The fraction of sp³-hybridized carbons (Fsp3) is 0.400. The maximum atomic E-state index is 12.7. The Hall–Kier alpha value is -3.40. The first-order valence-electron chi connectivity index (χ1n) is 11.7. The second-order valence-electron chi connectivity index (χ2n) is 9.23. The number of alkyl halides is 3. The molecule has 1 aromatic heterocycles. The molecular formula is C25H26F3N5O2. The molecule has 0 spiro atoms. The van der Waals surface area contributed by atoms with E-state index < -0.39 is 6.36 Å². The van der Waals surface area contributed by atoms with Crippen LogP contribution in [0.1, 0.15) is 24.0 Å². The number of aromatic nitrogens is 3. The first-order chi connectivity index (χ1) is 16.8. The number of likely N-dealkylation sites (tertiary alicyclic amines) is 2. The highest BCUT2D eigenvalue weighted by molar-refractivity contribution is 5.91. The maximum Gasteiger partial charge on any atom is 0.573 e. The lowest BCUT2D eigenvalue weighted by molar-refractivity contribution is -0.274. The van der Waals surface area contributed by atoms with E-state index in [4.69, 9.17) is 0 Å². The largest absolute Gasteiger partial charge is 0.573 e. The molecule has 2 aliphatic rings. The summed E-state index contributed by atoms with van der Waals surface area (Å²) in [4.78, 5) is 17.1. The smallest absolute Gasteiger partial charge is 0.406 e. The van der Waals surface area contributed by atoms with Crippen molar-refractivity contribution >= 4 is 23.0 Å². The first-order valence-corrected chi connectivity index (χ1v) is 11.7. The van der Waals surface area contributed by atoms with Gasteiger partial charge in [0, 0.05) is 38.8 Å². The Bertz CT molecular complexity index is 1190. The quantitative estimate of drug-likeness (QED) is 0.548. The normalized spacial score (nSPS) is 21.4. The molecule has 0 saturated carbocycles. The van der Waals surface area contributed by atoms with Gasteiger partial charge in [0.2, 0.25) is 5.91 Å². The zero-order valence-corrected chi connectivity index (χ0v) is 19.0. The Morgan fingerprint density at radius 1 is 1.09 bits per heavy atom. The van der Waals surface area contributed by atoms with Gasteiger partial charge in [0.25, 0.3) is 0 Å². The molecule has 184 valence electrons. The summed E-state index contributed by atoms with van der Waals surface area (Å²) in [6.45, 7) is 4.34. The van der Waals surface area contributed by atoms with Crippen molar-refractivity contribution in [1.29, 1.82) is 0 Å². The predicted molar refractivity (Wildman–Crippen MR) is 124 cm³/mol. The number of fused-ring (bicyclic) bond motifs is 2. The van der Waals surface area contributed by atoms with Gasteiger partial charge in [-0.2, -0.15) is 0 Å². The van der Waals surface area contributed by atoms with Crippen molar-refractivity contribution in [2.45, 2.75) is 25.7 Å². The molecule has 10 heteroatoms. The monoisotopic (exact) mass is 485 g/mol. The van der Waals surface area contributed by atoms with E-state index in [1.54, 1.807) is 6.08 Å². The third-order valence-electron chi connectivity index (χ3n) is 6.83. The molecule has 3 heterocycles. The molecule has 2 atom stereocenters. The summed E-state index contributed by atoms with van der Waals surface area (Å²) >= 11 is 0. The molecule has 0 bridgehead atoms. The number of aromatic amines is 1. The summed E-state index contributed by atoms with van der Waals surface area (Å²) < 4.78 is 40.7. The van der Waals surface area contributed by atoms with Gasteiger partial charge >= 0.3 is 6.36 Å². The minimum Gasteiger partial charge on any atom is -0.406 e. The van der Waals surface area contributed by atoms with Crippen molar-refractivity contribution in [2.75, 3.05) is 26.2 Å². The molecule has 2 aromatic carbocycles. The second-order valence-corrected chi connectivity index (χ2v) is 9.23. The van der Waals surface area contributed by atoms with Gasteiger partial charge < -0.3 is 9.64 Å². The zero-order valence-electron chi connectivity index (χ0n) is 19.0. The van der Waals surface area contributed by atoms with Crippen LogP contribution in [0.2, 0.25) is 0 Å². The molecule has 1 amide bonds. The molecule has 5 rings (SSSR count). The van der Waals surface area contributed by atoms with E-state index in [1.165, 1.54) is 35.9 Å². The molecular weight excluding hydrogens is 459 g/mol. The first kappa shape index (κ1) is 23.3. The highest BCUT2D eigenvalue weighted by Crippen LogP contribution is 2.33. The van der Waals surface area contributed by atoms with Gasteiger partial charge in [0.15, 0.2) is 0 Å². The van der Waals surface area contributed by atoms with Crippen molar-refractivity contribution in [1.82, 2.24) is 25.2 Å². The highest BCUT2D eigenvalue weighted by atomic mass is 19.4. The van der Waals surface area contributed by atoms with Gasteiger partial charge in [-0.1, -0.05) is 23.4 Å². The van der Waals surface area contributed by atoms with E-state index in [1.807, 2.05) is 11.0 Å². The lowest BCUT2D eigenvalue weighted by Crippen LogP contribution is -2.31. The maximum absolute atomic E-state index is 12.7. The number of benzene rings is 2. The summed E-state index contributed by atoms with van der Waals surface area (Å²) in [5.41, 5.74) is 3.68. The van der Waals surface area contributed by atoms with Gasteiger partial charge in [0.05, 0.1) is 5.52 Å². The Labute approximate surface area is 200 Å². The molecule has 0 unspecified atom stereocenters. The van der Waals surface area contributed by atoms with Crippen LogP contribution in [-0.2, 0) is 11.3 Å². The van der Waals surface area contributed by atoms with Crippen LogP contribution in [0.15, 0.2) is 48.5 Å². The number of hydrogen-bond acceptors (Lipinski definition) is 5. The molecule has 2 fully saturated rings. The van der Waals surface area contributed by atoms with Crippen molar-refractivity contribution in [2.24, 2.45) is 11.8 Å². The van der Waals surface area contributed by atoms with Crippen LogP contribution in [0.5, 0.6) is 5.75 Å². The molecule has 3 aromatic rings. The van der Waals surface area contributed by atoms with Gasteiger partial charge in [-0.05, 0) is 66.1 Å². The average molecular weight is 486 g/mol.